The van der Waals surface area contributed by atoms with Gasteiger partial charge in [-0.25, -0.2) is 0 Å². The summed E-state index contributed by atoms with van der Waals surface area (Å²) in [5.41, 5.74) is 0. The van der Waals surface area contributed by atoms with Gasteiger partial charge in [0.25, 0.3) is 0 Å². The van der Waals surface area contributed by atoms with Crippen molar-refractivity contribution in [3.8, 4) is 0 Å². The number of thioether (sulfide) groups is 1. The third-order valence-electron chi connectivity index (χ3n) is 2.15. The fraction of sp³-hybridized carbons (Fsp3) is 0.909. The van der Waals surface area contributed by atoms with E-state index in [0.29, 0.717) is 12.5 Å². The van der Waals surface area contributed by atoms with Crippen LogP contribution in [0.5, 0.6) is 0 Å². The molecule has 90 valence electrons. The Kier molecular flexibility index (Phi) is 7.02. The highest BCUT2D eigenvalue weighted by Crippen LogP contribution is 2.20. The molecule has 0 bridgehead atoms. The maximum atomic E-state index is 11.6. The van der Waals surface area contributed by atoms with E-state index in [0.717, 1.165) is 0 Å². The number of hydrogen-bond acceptors (Lipinski definition) is 3. The zero-order valence-corrected chi connectivity index (χ0v) is 11.1. The standard InChI is InChI=1S/C11H23NO2S/c1-7(2)6-12-11(14)10(5)15-9(4)8(3)13/h7-10,13H,6H2,1-5H3,(H,12,14). The topological polar surface area (TPSA) is 49.3 Å². The van der Waals surface area contributed by atoms with Crippen molar-refractivity contribution in [2.75, 3.05) is 6.54 Å². The molecule has 0 aliphatic heterocycles. The van der Waals surface area contributed by atoms with Gasteiger partial charge in [-0.3, -0.25) is 4.79 Å². The van der Waals surface area contributed by atoms with Crippen LogP contribution in [0.15, 0.2) is 0 Å². The van der Waals surface area contributed by atoms with E-state index in [1.807, 2.05) is 13.8 Å². The first-order chi connectivity index (χ1) is 6.84. The van der Waals surface area contributed by atoms with Crippen molar-refractivity contribution >= 4 is 17.7 Å². The molecule has 2 N–H and O–H groups in total. The summed E-state index contributed by atoms with van der Waals surface area (Å²) in [4.78, 5) is 11.6. The van der Waals surface area contributed by atoms with E-state index in [9.17, 15) is 9.90 Å². The quantitative estimate of drug-likeness (QED) is 0.733. The molecule has 0 aliphatic carbocycles. The highest BCUT2D eigenvalue weighted by molar-refractivity contribution is 8.01. The zero-order valence-electron chi connectivity index (χ0n) is 10.3. The molecule has 4 heteroatoms. The summed E-state index contributed by atoms with van der Waals surface area (Å²) in [6, 6.07) is 0. The highest BCUT2D eigenvalue weighted by atomic mass is 32.2. The number of aliphatic hydroxyl groups is 1. The molecule has 0 aromatic carbocycles. The molecule has 0 aromatic heterocycles. The van der Waals surface area contributed by atoms with Gasteiger partial charge in [-0.05, 0) is 19.8 Å². The molecule has 3 atom stereocenters. The first-order valence-electron chi connectivity index (χ1n) is 5.45. The maximum Gasteiger partial charge on any atom is 0.232 e. The molecular formula is C11H23NO2S. The van der Waals surface area contributed by atoms with Crippen molar-refractivity contribution in [2.45, 2.75) is 51.2 Å². The lowest BCUT2D eigenvalue weighted by molar-refractivity contribution is -0.120. The molecule has 0 aliphatic rings. The van der Waals surface area contributed by atoms with E-state index in [1.165, 1.54) is 11.8 Å². The summed E-state index contributed by atoms with van der Waals surface area (Å²) >= 11 is 1.51. The Morgan fingerprint density at radius 3 is 2.20 bits per heavy atom. The molecule has 0 aromatic rings. The fourth-order valence-corrected chi connectivity index (χ4v) is 2.02. The average Bonchev–Trinajstić information content (AvgIpc) is 2.13. The number of nitrogens with one attached hydrogen (secondary N) is 1. The Morgan fingerprint density at radius 1 is 1.27 bits per heavy atom. The molecule has 1 amide bonds. The van der Waals surface area contributed by atoms with E-state index < -0.39 is 0 Å². The van der Waals surface area contributed by atoms with E-state index in [-0.39, 0.29) is 22.5 Å². The maximum absolute atomic E-state index is 11.6. The van der Waals surface area contributed by atoms with Crippen LogP contribution in [0, 0.1) is 5.92 Å². The van der Waals surface area contributed by atoms with Crippen molar-refractivity contribution in [3.05, 3.63) is 0 Å². The first kappa shape index (κ1) is 14.8. The smallest absolute Gasteiger partial charge is 0.232 e. The van der Waals surface area contributed by atoms with Gasteiger partial charge in [-0.15, -0.1) is 11.8 Å². The molecule has 0 rings (SSSR count). The van der Waals surface area contributed by atoms with Gasteiger partial charge < -0.3 is 10.4 Å². The number of carbonyl (C=O) groups is 1. The highest BCUT2D eigenvalue weighted by Gasteiger charge is 2.19. The van der Waals surface area contributed by atoms with Crippen molar-refractivity contribution < 1.29 is 9.90 Å². The molecule has 0 spiro atoms. The molecule has 0 heterocycles. The predicted octanol–water partition coefficient (Wildman–Crippen LogP) is 1.65. The third kappa shape index (κ3) is 6.79. The number of hydrogen-bond donors (Lipinski definition) is 2. The number of rotatable bonds is 6. The second-order valence-electron chi connectivity index (χ2n) is 4.36. The molecular weight excluding hydrogens is 210 g/mol. The van der Waals surface area contributed by atoms with Crippen LogP contribution in [0.2, 0.25) is 0 Å². The molecule has 0 saturated carbocycles. The van der Waals surface area contributed by atoms with E-state index in [4.69, 9.17) is 0 Å². The van der Waals surface area contributed by atoms with Crippen LogP contribution in [0.1, 0.15) is 34.6 Å². The van der Waals surface area contributed by atoms with Crippen LogP contribution in [0.25, 0.3) is 0 Å². The summed E-state index contributed by atoms with van der Waals surface area (Å²) in [6.45, 7) is 10.4. The van der Waals surface area contributed by atoms with Crippen molar-refractivity contribution in [1.29, 1.82) is 0 Å². The minimum Gasteiger partial charge on any atom is -0.392 e. The number of aliphatic hydroxyl groups excluding tert-OH is 1. The van der Waals surface area contributed by atoms with Crippen molar-refractivity contribution in [1.82, 2.24) is 5.32 Å². The van der Waals surface area contributed by atoms with Crippen LogP contribution >= 0.6 is 11.8 Å². The van der Waals surface area contributed by atoms with Gasteiger partial charge in [-0.2, -0.15) is 0 Å². The lowest BCUT2D eigenvalue weighted by Crippen LogP contribution is -2.35. The Labute approximate surface area is 97.0 Å². The monoisotopic (exact) mass is 233 g/mol. The summed E-state index contributed by atoms with van der Waals surface area (Å²) in [5.74, 6) is 0.529. The lowest BCUT2D eigenvalue weighted by atomic mass is 10.2. The largest absolute Gasteiger partial charge is 0.392 e. The van der Waals surface area contributed by atoms with Gasteiger partial charge >= 0.3 is 0 Å². The van der Waals surface area contributed by atoms with Gasteiger partial charge in [0, 0.05) is 11.8 Å². The summed E-state index contributed by atoms with van der Waals surface area (Å²) < 4.78 is 0. The van der Waals surface area contributed by atoms with Gasteiger partial charge in [0.2, 0.25) is 5.91 Å². The van der Waals surface area contributed by atoms with Crippen LogP contribution in [-0.4, -0.2) is 34.2 Å². The molecule has 0 radical (unpaired) electrons. The summed E-state index contributed by atoms with van der Waals surface area (Å²) in [6.07, 6.45) is -0.379. The average molecular weight is 233 g/mol. The predicted molar refractivity (Wildman–Crippen MR) is 66.0 cm³/mol. The molecule has 0 saturated heterocycles. The molecule has 0 fully saturated rings. The van der Waals surface area contributed by atoms with Crippen LogP contribution in [-0.2, 0) is 4.79 Å². The van der Waals surface area contributed by atoms with Crippen molar-refractivity contribution in [3.63, 3.8) is 0 Å². The van der Waals surface area contributed by atoms with Gasteiger partial charge in [-0.1, -0.05) is 20.8 Å². The minimum absolute atomic E-state index is 0.0567. The number of carbonyl (C=O) groups excluding carboxylic acids is 1. The minimum atomic E-state index is -0.379. The van der Waals surface area contributed by atoms with E-state index in [2.05, 4.69) is 19.2 Å². The molecule has 3 nitrogen and oxygen atoms in total. The first-order valence-corrected chi connectivity index (χ1v) is 6.40. The summed E-state index contributed by atoms with van der Waals surface area (Å²) in [7, 11) is 0. The second-order valence-corrected chi connectivity index (χ2v) is 6.09. The Morgan fingerprint density at radius 2 is 1.80 bits per heavy atom. The fourth-order valence-electron chi connectivity index (χ4n) is 0.946. The summed E-state index contributed by atoms with van der Waals surface area (Å²) in [5, 5.41) is 12.2. The van der Waals surface area contributed by atoms with Crippen LogP contribution in [0.4, 0.5) is 0 Å². The van der Waals surface area contributed by atoms with E-state index >= 15 is 0 Å². The van der Waals surface area contributed by atoms with Gasteiger partial charge in [0.1, 0.15) is 0 Å². The molecule has 15 heavy (non-hydrogen) atoms. The van der Waals surface area contributed by atoms with Crippen LogP contribution in [0.3, 0.4) is 0 Å². The van der Waals surface area contributed by atoms with E-state index in [1.54, 1.807) is 6.92 Å². The second kappa shape index (κ2) is 7.12. The Hall–Kier alpha value is -0.220. The Bertz CT molecular complexity index is 195. The molecule has 3 unspecified atom stereocenters. The zero-order chi connectivity index (χ0) is 12.0. The SMILES string of the molecule is CC(C)CNC(=O)C(C)SC(C)C(C)O. The Balaban J connectivity index is 3.88. The number of amides is 1. The third-order valence-corrected chi connectivity index (χ3v) is 3.60. The normalized spacial score (nSPS) is 17.3. The van der Waals surface area contributed by atoms with Crippen LogP contribution < -0.4 is 5.32 Å². The van der Waals surface area contributed by atoms with Gasteiger partial charge in [0.15, 0.2) is 0 Å². The van der Waals surface area contributed by atoms with Crippen molar-refractivity contribution in [2.24, 2.45) is 5.92 Å². The lowest BCUT2D eigenvalue weighted by Gasteiger charge is -2.19. The van der Waals surface area contributed by atoms with Gasteiger partial charge in [0.05, 0.1) is 11.4 Å².